The molecule has 1 saturated heterocycles. The number of nitrogens with two attached hydrogens (primary N) is 1. The van der Waals surface area contributed by atoms with Crippen molar-refractivity contribution >= 4 is 54.6 Å². The van der Waals surface area contributed by atoms with Crippen LogP contribution in [0.2, 0.25) is 0 Å². The van der Waals surface area contributed by atoms with Crippen LogP contribution in [0.1, 0.15) is 5.56 Å². The minimum atomic E-state index is 0. The molecule has 2 heterocycles. The molecule has 132 valence electrons. The predicted octanol–water partition coefficient (Wildman–Crippen LogP) is 2.96. The van der Waals surface area contributed by atoms with E-state index >= 15 is 0 Å². The second-order valence-electron chi connectivity index (χ2n) is 5.13. The number of halogens is 3. The third-order valence-corrected chi connectivity index (χ3v) is 3.78. The maximum Gasteiger partial charge on any atom is 0.128 e. The second-order valence-corrected chi connectivity index (χ2v) is 5.13. The minimum Gasteiger partial charge on any atom is -0.384 e. The number of nitrogen functional groups attached to an aromatic ring is 1. The van der Waals surface area contributed by atoms with Gasteiger partial charge in [0.05, 0.1) is 0 Å². The number of piperazine rings is 1. The van der Waals surface area contributed by atoms with Gasteiger partial charge in [-0.15, -0.1) is 37.2 Å². The van der Waals surface area contributed by atoms with E-state index < -0.39 is 0 Å². The first kappa shape index (κ1) is 22.3. The lowest BCUT2D eigenvalue weighted by atomic mass is 10.2. The van der Waals surface area contributed by atoms with E-state index in [1.165, 1.54) is 5.69 Å². The summed E-state index contributed by atoms with van der Waals surface area (Å²) in [5.41, 5.74) is 7.39. The van der Waals surface area contributed by atoms with Gasteiger partial charge in [0.15, 0.2) is 0 Å². The Bertz CT molecular complexity index is 613. The van der Waals surface area contributed by atoms with Crippen molar-refractivity contribution < 1.29 is 0 Å². The molecule has 5 nitrogen and oxygen atoms in total. The number of benzene rings is 1. The highest BCUT2D eigenvalue weighted by molar-refractivity contribution is 5.94. The van der Waals surface area contributed by atoms with E-state index in [0.29, 0.717) is 5.56 Å². The minimum absolute atomic E-state index is 0. The number of nitrogens with one attached hydrogen (secondary N) is 1. The molecule has 1 aromatic heterocycles. The summed E-state index contributed by atoms with van der Waals surface area (Å²) in [5.74, 6) is 1.01. The zero-order valence-electron chi connectivity index (χ0n) is 13.1. The predicted molar refractivity (Wildman–Crippen MR) is 108 cm³/mol. The number of hydrogen-bond donors (Lipinski definition) is 2. The van der Waals surface area contributed by atoms with Gasteiger partial charge in [0, 0.05) is 43.6 Å². The molecule has 8 heteroatoms. The first-order chi connectivity index (χ1) is 10.2. The molecule has 2 aromatic rings. The summed E-state index contributed by atoms with van der Waals surface area (Å²) in [6, 6.07) is 14.3. The Balaban J connectivity index is 0.00000176. The van der Waals surface area contributed by atoms with Crippen LogP contribution in [0.25, 0.3) is 0 Å². The van der Waals surface area contributed by atoms with Crippen LogP contribution >= 0.6 is 37.2 Å². The number of aromatic nitrogens is 1. The number of para-hydroxylation sites is 1. The zero-order chi connectivity index (χ0) is 14.7. The molecule has 0 saturated carbocycles. The highest BCUT2D eigenvalue weighted by atomic mass is 35.5. The molecule has 1 aliphatic heterocycles. The molecule has 3 N–H and O–H groups in total. The lowest BCUT2D eigenvalue weighted by molar-refractivity contribution is 0.647. The molecule has 1 fully saturated rings. The van der Waals surface area contributed by atoms with Gasteiger partial charge in [-0.05, 0) is 24.3 Å². The molecule has 0 unspecified atom stereocenters. The Kier molecular flexibility index (Phi) is 9.51. The SMILES string of the molecule is Cl.Cl.Cl.N=C(N)c1ccc(N2CCN(c3ccccc3)CC2)nc1. The Morgan fingerprint density at radius 3 is 1.96 bits per heavy atom. The summed E-state index contributed by atoms with van der Waals surface area (Å²) in [6.07, 6.45) is 1.67. The fraction of sp³-hybridized carbons (Fsp3) is 0.250. The molecule has 0 radical (unpaired) electrons. The topological polar surface area (TPSA) is 69.2 Å². The van der Waals surface area contributed by atoms with Crippen LogP contribution in [0.3, 0.4) is 0 Å². The fourth-order valence-electron chi connectivity index (χ4n) is 2.57. The first-order valence-electron chi connectivity index (χ1n) is 7.09. The molecule has 0 atom stereocenters. The van der Waals surface area contributed by atoms with Gasteiger partial charge in [-0.3, -0.25) is 5.41 Å². The molecule has 24 heavy (non-hydrogen) atoms. The molecule has 1 aromatic carbocycles. The van der Waals surface area contributed by atoms with E-state index in [9.17, 15) is 0 Å². The molecule has 3 rings (SSSR count). The average molecular weight is 391 g/mol. The number of amidine groups is 1. The van der Waals surface area contributed by atoms with Crippen molar-refractivity contribution in [1.82, 2.24) is 4.98 Å². The van der Waals surface area contributed by atoms with E-state index in [4.69, 9.17) is 11.1 Å². The zero-order valence-corrected chi connectivity index (χ0v) is 15.5. The largest absolute Gasteiger partial charge is 0.384 e. The van der Waals surface area contributed by atoms with E-state index in [2.05, 4.69) is 39.0 Å². The molecule has 1 aliphatic rings. The molecular formula is C16H22Cl3N5. The van der Waals surface area contributed by atoms with Gasteiger partial charge in [-0.2, -0.15) is 0 Å². The fourth-order valence-corrected chi connectivity index (χ4v) is 2.57. The smallest absolute Gasteiger partial charge is 0.128 e. The van der Waals surface area contributed by atoms with Crippen LogP contribution in [0, 0.1) is 5.41 Å². The number of anilines is 2. The van der Waals surface area contributed by atoms with Crippen LogP contribution in [-0.4, -0.2) is 37.0 Å². The number of nitrogens with zero attached hydrogens (tertiary/aromatic N) is 3. The Labute approximate surface area is 161 Å². The summed E-state index contributed by atoms with van der Waals surface area (Å²) in [5, 5.41) is 7.39. The van der Waals surface area contributed by atoms with Gasteiger partial charge in [-0.25, -0.2) is 4.98 Å². The maximum absolute atomic E-state index is 7.39. The average Bonchev–Trinajstić information content (AvgIpc) is 2.56. The Morgan fingerprint density at radius 1 is 0.875 bits per heavy atom. The summed E-state index contributed by atoms with van der Waals surface area (Å²) >= 11 is 0. The second kappa shape index (κ2) is 10.2. The summed E-state index contributed by atoms with van der Waals surface area (Å²) in [4.78, 5) is 9.06. The van der Waals surface area contributed by atoms with E-state index in [1.807, 2.05) is 18.2 Å². The van der Waals surface area contributed by atoms with Crippen LogP contribution in [0.5, 0.6) is 0 Å². The normalized spacial score (nSPS) is 13.2. The van der Waals surface area contributed by atoms with Crippen LogP contribution in [0.15, 0.2) is 48.7 Å². The molecule has 0 bridgehead atoms. The summed E-state index contributed by atoms with van der Waals surface area (Å²) < 4.78 is 0. The van der Waals surface area contributed by atoms with Crippen LogP contribution in [-0.2, 0) is 0 Å². The summed E-state index contributed by atoms with van der Waals surface area (Å²) in [7, 11) is 0. The quantitative estimate of drug-likeness (QED) is 0.624. The molecule has 0 aliphatic carbocycles. The lowest BCUT2D eigenvalue weighted by Crippen LogP contribution is -2.46. The van der Waals surface area contributed by atoms with Gasteiger partial charge >= 0.3 is 0 Å². The van der Waals surface area contributed by atoms with Crippen molar-refractivity contribution in [2.24, 2.45) is 5.73 Å². The van der Waals surface area contributed by atoms with Crippen molar-refractivity contribution in [3.63, 3.8) is 0 Å². The van der Waals surface area contributed by atoms with Gasteiger partial charge in [0.25, 0.3) is 0 Å². The van der Waals surface area contributed by atoms with Crippen LogP contribution < -0.4 is 15.5 Å². The van der Waals surface area contributed by atoms with E-state index in [0.717, 1.165) is 32.0 Å². The maximum atomic E-state index is 7.39. The Morgan fingerprint density at radius 2 is 1.46 bits per heavy atom. The highest BCUT2D eigenvalue weighted by Crippen LogP contribution is 2.18. The van der Waals surface area contributed by atoms with Crippen molar-refractivity contribution in [1.29, 1.82) is 5.41 Å². The van der Waals surface area contributed by atoms with E-state index in [-0.39, 0.29) is 43.1 Å². The molecule has 0 spiro atoms. The number of hydrogen-bond acceptors (Lipinski definition) is 4. The van der Waals surface area contributed by atoms with Crippen LogP contribution in [0.4, 0.5) is 11.5 Å². The van der Waals surface area contributed by atoms with Gasteiger partial charge in [0.2, 0.25) is 0 Å². The number of pyridine rings is 1. The summed E-state index contributed by atoms with van der Waals surface area (Å²) in [6.45, 7) is 3.86. The van der Waals surface area contributed by atoms with Crippen molar-refractivity contribution in [2.45, 2.75) is 0 Å². The van der Waals surface area contributed by atoms with Gasteiger partial charge < -0.3 is 15.5 Å². The third-order valence-electron chi connectivity index (χ3n) is 3.78. The highest BCUT2D eigenvalue weighted by Gasteiger charge is 2.18. The van der Waals surface area contributed by atoms with Crippen molar-refractivity contribution in [3.8, 4) is 0 Å². The third kappa shape index (κ3) is 5.16. The van der Waals surface area contributed by atoms with Crippen molar-refractivity contribution in [2.75, 3.05) is 36.0 Å². The van der Waals surface area contributed by atoms with Gasteiger partial charge in [0.1, 0.15) is 11.7 Å². The number of rotatable bonds is 3. The molecule has 0 amide bonds. The van der Waals surface area contributed by atoms with Crippen molar-refractivity contribution in [3.05, 3.63) is 54.2 Å². The Hall–Kier alpha value is -1.69. The van der Waals surface area contributed by atoms with E-state index in [1.54, 1.807) is 6.20 Å². The first-order valence-corrected chi connectivity index (χ1v) is 7.09. The molecular weight excluding hydrogens is 369 g/mol. The standard InChI is InChI=1S/C16H19N5.3ClH/c17-16(18)13-6-7-15(19-12-13)21-10-8-20(9-11-21)14-4-2-1-3-5-14;;;/h1-7,12H,8-11H2,(H3,17,18);3*1H. The lowest BCUT2D eigenvalue weighted by Gasteiger charge is -2.36. The van der Waals surface area contributed by atoms with Gasteiger partial charge in [-0.1, -0.05) is 18.2 Å². The monoisotopic (exact) mass is 389 g/mol.